The van der Waals surface area contributed by atoms with Crippen LogP contribution < -0.4 is 10.0 Å². The molecular weight excluding hydrogens is 418 g/mol. The summed E-state index contributed by atoms with van der Waals surface area (Å²) in [5.74, 6) is -0.961. The minimum absolute atomic E-state index is 0.153. The molecule has 2 rings (SSSR count). The van der Waals surface area contributed by atoms with Gasteiger partial charge in [0.05, 0.1) is 22.6 Å². The molecule has 0 radical (unpaired) electrons. The number of amides is 1. The molecule has 0 aliphatic heterocycles. The fourth-order valence-electron chi connectivity index (χ4n) is 2.38. The monoisotopic (exact) mass is 439 g/mol. The van der Waals surface area contributed by atoms with Crippen molar-refractivity contribution in [3.63, 3.8) is 0 Å². The van der Waals surface area contributed by atoms with Gasteiger partial charge in [0.25, 0.3) is 21.6 Å². The number of nitrogens with zero attached hydrogens (tertiary/aromatic N) is 3. The standard InChI is InChI=1S/C17H21N5O7S/c1-11-13(5-4-6-14(11)22(25)26)20-15(23)10-29-17(24)7-8-18-30(27,28)16-9-21(3)12(2)19-16/h4-6,9,18H,7-8,10H2,1-3H3,(H,20,23). The summed E-state index contributed by atoms with van der Waals surface area (Å²) in [6, 6.07) is 4.20. The molecule has 0 saturated heterocycles. The van der Waals surface area contributed by atoms with Gasteiger partial charge in [-0.3, -0.25) is 19.7 Å². The second-order valence-corrected chi connectivity index (χ2v) is 8.01. The molecule has 1 aromatic carbocycles. The van der Waals surface area contributed by atoms with Crippen molar-refractivity contribution in [1.29, 1.82) is 0 Å². The third kappa shape index (κ3) is 5.84. The van der Waals surface area contributed by atoms with Crippen LogP contribution in [0.25, 0.3) is 0 Å². The number of aromatic nitrogens is 2. The van der Waals surface area contributed by atoms with Crippen LogP contribution in [0.3, 0.4) is 0 Å². The molecule has 0 unspecified atom stereocenters. The minimum Gasteiger partial charge on any atom is -0.456 e. The Hall–Kier alpha value is -3.32. The smallest absolute Gasteiger partial charge is 0.307 e. The molecule has 2 aromatic rings. The summed E-state index contributed by atoms with van der Waals surface area (Å²) in [6.45, 7) is 2.28. The van der Waals surface area contributed by atoms with E-state index < -0.39 is 33.4 Å². The Kier molecular flexibility index (Phi) is 7.24. The number of carbonyl (C=O) groups is 2. The van der Waals surface area contributed by atoms with E-state index in [1.54, 1.807) is 18.5 Å². The molecule has 0 bridgehead atoms. The number of sulfonamides is 1. The maximum Gasteiger partial charge on any atom is 0.307 e. The molecule has 2 N–H and O–H groups in total. The Morgan fingerprint density at radius 1 is 1.30 bits per heavy atom. The first-order valence-electron chi connectivity index (χ1n) is 8.70. The predicted molar refractivity (Wildman–Crippen MR) is 105 cm³/mol. The lowest BCUT2D eigenvalue weighted by Crippen LogP contribution is -2.28. The van der Waals surface area contributed by atoms with Gasteiger partial charge in [-0.05, 0) is 19.9 Å². The number of rotatable bonds is 9. The summed E-state index contributed by atoms with van der Waals surface area (Å²) in [7, 11) is -2.22. The van der Waals surface area contributed by atoms with Crippen molar-refractivity contribution in [2.75, 3.05) is 18.5 Å². The molecular formula is C17H21N5O7S. The van der Waals surface area contributed by atoms with Crippen molar-refractivity contribution in [3.05, 3.63) is 45.9 Å². The lowest BCUT2D eigenvalue weighted by molar-refractivity contribution is -0.385. The van der Waals surface area contributed by atoms with E-state index in [0.717, 1.165) is 0 Å². The van der Waals surface area contributed by atoms with Gasteiger partial charge < -0.3 is 14.6 Å². The minimum atomic E-state index is -3.87. The number of esters is 1. The fraction of sp³-hybridized carbons (Fsp3) is 0.353. The molecule has 162 valence electrons. The number of nitrogens with one attached hydrogen (secondary N) is 2. The van der Waals surface area contributed by atoms with Crippen LogP contribution in [0.2, 0.25) is 0 Å². The van der Waals surface area contributed by atoms with E-state index in [4.69, 9.17) is 4.74 Å². The van der Waals surface area contributed by atoms with Crippen LogP contribution in [0.15, 0.2) is 29.4 Å². The van der Waals surface area contributed by atoms with E-state index in [-0.39, 0.29) is 34.9 Å². The molecule has 0 spiro atoms. The second-order valence-electron chi connectivity index (χ2n) is 6.30. The molecule has 1 heterocycles. The molecule has 0 atom stereocenters. The van der Waals surface area contributed by atoms with Crippen molar-refractivity contribution >= 4 is 33.3 Å². The molecule has 30 heavy (non-hydrogen) atoms. The molecule has 13 heteroatoms. The van der Waals surface area contributed by atoms with Gasteiger partial charge in [-0.1, -0.05) is 6.07 Å². The summed E-state index contributed by atoms with van der Waals surface area (Å²) >= 11 is 0. The first-order valence-corrected chi connectivity index (χ1v) is 10.2. The number of ether oxygens (including phenoxy) is 1. The first-order chi connectivity index (χ1) is 14.0. The summed E-state index contributed by atoms with van der Waals surface area (Å²) in [5, 5.41) is 13.2. The van der Waals surface area contributed by atoms with Gasteiger partial charge in [-0.25, -0.2) is 18.1 Å². The SMILES string of the molecule is Cc1c(NC(=O)COC(=O)CCNS(=O)(=O)c2cn(C)c(C)n2)cccc1[N+](=O)[O-]. The lowest BCUT2D eigenvalue weighted by atomic mass is 10.1. The van der Waals surface area contributed by atoms with Crippen LogP contribution in [-0.4, -0.2) is 47.9 Å². The van der Waals surface area contributed by atoms with Crippen LogP contribution in [0.4, 0.5) is 11.4 Å². The Morgan fingerprint density at radius 2 is 2.00 bits per heavy atom. The average molecular weight is 439 g/mol. The summed E-state index contributed by atoms with van der Waals surface area (Å²) in [6.07, 6.45) is 1.05. The Balaban J connectivity index is 1.80. The second kappa shape index (κ2) is 9.45. The summed E-state index contributed by atoms with van der Waals surface area (Å²) < 4.78 is 32.8. The number of benzene rings is 1. The molecule has 0 fully saturated rings. The van der Waals surface area contributed by atoms with Crippen molar-refractivity contribution in [3.8, 4) is 0 Å². The Morgan fingerprint density at radius 3 is 2.60 bits per heavy atom. The number of carbonyl (C=O) groups excluding carboxylic acids is 2. The predicted octanol–water partition coefficient (Wildman–Crippen LogP) is 0.795. The van der Waals surface area contributed by atoms with Crippen LogP contribution >= 0.6 is 0 Å². The number of imidazole rings is 1. The van der Waals surface area contributed by atoms with Gasteiger partial charge in [0.1, 0.15) is 5.82 Å². The van der Waals surface area contributed by atoms with E-state index in [1.165, 1.54) is 31.3 Å². The Labute approximate surface area is 172 Å². The van der Waals surface area contributed by atoms with Gasteiger partial charge in [-0.2, -0.15) is 0 Å². The third-order valence-electron chi connectivity index (χ3n) is 4.12. The highest BCUT2D eigenvalue weighted by Crippen LogP contribution is 2.24. The molecule has 0 aliphatic carbocycles. The zero-order valence-electron chi connectivity index (χ0n) is 16.5. The molecule has 0 saturated carbocycles. The number of nitro groups is 1. The van der Waals surface area contributed by atoms with Crippen LogP contribution in [0.5, 0.6) is 0 Å². The summed E-state index contributed by atoms with van der Waals surface area (Å²) in [5.41, 5.74) is 0.338. The van der Waals surface area contributed by atoms with Gasteiger partial charge in [0.15, 0.2) is 11.6 Å². The average Bonchev–Trinajstić information content (AvgIpc) is 3.01. The Bertz CT molecular complexity index is 1060. The van der Waals surface area contributed by atoms with Crippen molar-refractivity contribution in [2.24, 2.45) is 7.05 Å². The lowest BCUT2D eigenvalue weighted by Gasteiger charge is -2.09. The van der Waals surface area contributed by atoms with Gasteiger partial charge in [0, 0.05) is 25.9 Å². The van der Waals surface area contributed by atoms with E-state index in [9.17, 15) is 28.1 Å². The zero-order valence-corrected chi connectivity index (χ0v) is 17.4. The normalized spacial score (nSPS) is 11.2. The summed E-state index contributed by atoms with van der Waals surface area (Å²) in [4.78, 5) is 37.9. The van der Waals surface area contributed by atoms with E-state index in [2.05, 4.69) is 15.0 Å². The molecule has 0 aliphatic rings. The van der Waals surface area contributed by atoms with Crippen molar-refractivity contribution in [1.82, 2.24) is 14.3 Å². The maximum atomic E-state index is 12.1. The maximum absolute atomic E-state index is 12.1. The van der Waals surface area contributed by atoms with Crippen molar-refractivity contribution in [2.45, 2.75) is 25.3 Å². The quantitative estimate of drug-likeness (QED) is 0.329. The first kappa shape index (κ1) is 23.0. The third-order valence-corrected chi connectivity index (χ3v) is 5.45. The highest BCUT2D eigenvalue weighted by Gasteiger charge is 2.19. The van der Waals surface area contributed by atoms with E-state index >= 15 is 0 Å². The zero-order chi connectivity index (χ0) is 22.5. The topological polar surface area (TPSA) is 163 Å². The molecule has 1 amide bonds. The van der Waals surface area contributed by atoms with Gasteiger partial charge >= 0.3 is 5.97 Å². The molecule has 12 nitrogen and oxygen atoms in total. The fourth-order valence-corrected chi connectivity index (χ4v) is 3.45. The number of aryl methyl sites for hydroxylation is 2. The van der Waals surface area contributed by atoms with Crippen LogP contribution in [0.1, 0.15) is 17.8 Å². The highest BCUT2D eigenvalue weighted by atomic mass is 32.2. The number of anilines is 1. The van der Waals surface area contributed by atoms with Gasteiger partial charge in [-0.15, -0.1) is 0 Å². The number of nitro benzene ring substituents is 1. The van der Waals surface area contributed by atoms with Crippen LogP contribution in [0, 0.1) is 24.0 Å². The number of hydrogen-bond acceptors (Lipinski definition) is 8. The highest BCUT2D eigenvalue weighted by molar-refractivity contribution is 7.89. The number of hydrogen-bond donors (Lipinski definition) is 2. The van der Waals surface area contributed by atoms with Gasteiger partial charge in [0.2, 0.25) is 0 Å². The van der Waals surface area contributed by atoms with Crippen molar-refractivity contribution < 1.29 is 27.7 Å². The van der Waals surface area contributed by atoms with E-state index in [0.29, 0.717) is 5.82 Å². The largest absolute Gasteiger partial charge is 0.456 e. The van der Waals surface area contributed by atoms with Crippen LogP contribution in [-0.2, 0) is 31.4 Å². The van der Waals surface area contributed by atoms with E-state index in [1.807, 2.05) is 0 Å². The molecule has 1 aromatic heterocycles.